The first-order valence-corrected chi connectivity index (χ1v) is 8.67. The van der Waals surface area contributed by atoms with Crippen LogP contribution in [-0.2, 0) is 11.8 Å². The quantitative estimate of drug-likeness (QED) is 0.846. The van der Waals surface area contributed by atoms with Gasteiger partial charge >= 0.3 is 0 Å². The number of halogens is 3. The van der Waals surface area contributed by atoms with Crippen molar-refractivity contribution in [3.05, 3.63) is 51.4 Å². The van der Waals surface area contributed by atoms with Crippen LogP contribution in [0, 0.1) is 11.6 Å². The lowest BCUT2D eigenvalue weighted by molar-refractivity contribution is -0.117. The van der Waals surface area contributed by atoms with E-state index in [0.29, 0.717) is 31.9 Å². The first-order chi connectivity index (χ1) is 12.8. The number of hydrogen-bond donors (Lipinski definition) is 1. The molecule has 1 aromatic heterocycles. The molecular weight excluding hydrogens is 380 g/mol. The molecular formula is C17H18ClF2N5O2. The lowest BCUT2D eigenvalue weighted by Gasteiger charge is -2.35. The molecule has 1 aromatic carbocycles. The molecule has 1 saturated heterocycles. The van der Waals surface area contributed by atoms with Gasteiger partial charge in [-0.3, -0.25) is 14.5 Å². The van der Waals surface area contributed by atoms with Crippen LogP contribution in [0.5, 0.6) is 0 Å². The minimum atomic E-state index is -0.819. The average molecular weight is 398 g/mol. The van der Waals surface area contributed by atoms with Crippen molar-refractivity contribution in [2.75, 3.05) is 42.9 Å². The number of rotatable bonds is 4. The number of hydrogen-bond acceptors (Lipinski definition) is 5. The van der Waals surface area contributed by atoms with Gasteiger partial charge in [-0.2, -0.15) is 5.10 Å². The Balaban J connectivity index is 1.56. The number of amides is 1. The number of carbonyl (C=O) groups is 1. The zero-order chi connectivity index (χ0) is 19.6. The van der Waals surface area contributed by atoms with E-state index in [-0.39, 0.29) is 28.7 Å². The monoisotopic (exact) mass is 397 g/mol. The van der Waals surface area contributed by atoms with Gasteiger partial charge in [-0.1, -0.05) is 11.6 Å². The third kappa shape index (κ3) is 4.42. The van der Waals surface area contributed by atoms with Crippen LogP contribution < -0.4 is 15.8 Å². The number of aromatic nitrogens is 2. The predicted octanol–water partition coefficient (Wildman–Crippen LogP) is 1.47. The highest BCUT2D eigenvalue weighted by Crippen LogP contribution is 2.22. The SMILES string of the molecule is Cn1ncc(N2CCN(CC(=O)Nc3ccc(F)cc3F)CC2)c(Cl)c1=O. The van der Waals surface area contributed by atoms with Gasteiger partial charge in [0, 0.05) is 39.3 Å². The summed E-state index contributed by atoms with van der Waals surface area (Å²) in [4.78, 5) is 27.8. The minimum absolute atomic E-state index is 0.0574. The summed E-state index contributed by atoms with van der Waals surface area (Å²) in [5, 5.41) is 6.54. The second-order valence-electron chi connectivity index (χ2n) is 6.21. The molecule has 144 valence electrons. The van der Waals surface area contributed by atoms with Crippen LogP contribution >= 0.6 is 11.6 Å². The van der Waals surface area contributed by atoms with Gasteiger partial charge < -0.3 is 10.2 Å². The van der Waals surface area contributed by atoms with E-state index in [4.69, 9.17) is 11.6 Å². The Kier molecular flexibility index (Phi) is 5.71. The van der Waals surface area contributed by atoms with Crippen LogP contribution in [0.4, 0.5) is 20.2 Å². The van der Waals surface area contributed by atoms with Crippen molar-refractivity contribution in [2.24, 2.45) is 7.05 Å². The van der Waals surface area contributed by atoms with E-state index in [1.54, 1.807) is 6.20 Å². The molecule has 1 N–H and O–H groups in total. The number of anilines is 2. The highest BCUT2D eigenvalue weighted by atomic mass is 35.5. The Morgan fingerprint density at radius 3 is 2.63 bits per heavy atom. The van der Waals surface area contributed by atoms with Gasteiger partial charge in [0.1, 0.15) is 16.7 Å². The largest absolute Gasteiger partial charge is 0.366 e. The van der Waals surface area contributed by atoms with Crippen molar-refractivity contribution >= 4 is 28.9 Å². The molecule has 2 heterocycles. The Morgan fingerprint density at radius 1 is 1.26 bits per heavy atom. The maximum Gasteiger partial charge on any atom is 0.287 e. The van der Waals surface area contributed by atoms with Crippen LogP contribution in [-0.4, -0.2) is 53.3 Å². The minimum Gasteiger partial charge on any atom is -0.366 e. The van der Waals surface area contributed by atoms with E-state index in [0.717, 1.165) is 12.1 Å². The first kappa shape index (κ1) is 19.2. The molecule has 3 rings (SSSR count). The van der Waals surface area contributed by atoms with Crippen LogP contribution in [0.15, 0.2) is 29.2 Å². The summed E-state index contributed by atoms with van der Waals surface area (Å²) < 4.78 is 27.7. The molecule has 1 aliphatic rings. The summed E-state index contributed by atoms with van der Waals surface area (Å²) in [6, 6.07) is 2.99. The Bertz CT molecular complexity index is 913. The molecule has 2 aromatic rings. The lowest BCUT2D eigenvalue weighted by atomic mass is 10.2. The third-order valence-electron chi connectivity index (χ3n) is 4.35. The van der Waals surface area contributed by atoms with Crippen molar-refractivity contribution in [1.29, 1.82) is 0 Å². The summed E-state index contributed by atoms with van der Waals surface area (Å²) in [7, 11) is 1.53. The van der Waals surface area contributed by atoms with Crippen molar-refractivity contribution in [2.45, 2.75) is 0 Å². The fraction of sp³-hybridized carbons (Fsp3) is 0.353. The number of nitrogens with one attached hydrogen (secondary N) is 1. The Hall–Kier alpha value is -2.52. The van der Waals surface area contributed by atoms with Crippen molar-refractivity contribution < 1.29 is 13.6 Å². The molecule has 0 radical (unpaired) electrons. The van der Waals surface area contributed by atoms with Crippen LogP contribution in [0.3, 0.4) is 0 Å². The molecule has 10 heteroatoms. The second kappa shape index (κ2) is 8.01. The van der Waals surface area contributed by atoms with E-state index in [1.807, 2.05) is 9.80 Å². The van der Waals surface area contributed by atoms with Crippen LogP contribution in [0.1, 0.15) is 0 Å². The molecule has 0 aliphatic carbocycles. The van der Waals surface area contributed by atoms with E-state index < -0.39 is 11.6 Å². The Labute approximate surface area is 159 Å². The molecule has 0 spiro atoms. The van der Waals surface area contributed by atoms with Gasteiger partial charge in [-0.25, -0.2) is 13.5 Å². The highest BCUT2D eigenvalue weighted by molar-refractivity contribution is 6.33. The topological polar surface area (TPSA) is 70.5 Å². The number of aryl methyl sites for hydroxylation is 1. The predicted molar refractivity (Wildman–Crippen MR) is 98.1 cm³/mol. The number of nitrogens with zero attached hydrogens (tertiary/aromatic N) is 4. The second-order valence-corrected chi connectivity index (χ2v) is 6.59. The normalized spacial score (nSPS) is 15.0. The lowest BCUT2D eigenvalue weighted by Crippen LogP contribution is -2.49. The van der Waals surface area contributed by atoms with Gasteiger partial charge in [0.2, 0.25) is 5.91 Å². The molecule has 0 bridgehead atoms. The molecule has 0 saturated carbocycles. The number of piperazine rings is 1. The van der Waals surface area contributed by atoms with Crippen molar-refractivity contribution in [3.63, 3.8) is 0 Å². The Morgan fingerprint density at radius 2 is 1.96 bits per heavy atom. The van der Waals surface area contributed by atoms with E-state index in [1.165, 1.54) is 17.8 Å². The van der Waals surface area contributed by atoms with Gasteiger partial charge in [0.05, 0.1) is 24.1 Å². The zero-order valence-corrected chi connectivity index (χ0v) is 15.3. The molecule has 1 fully saturated rings. The number of benzene rings is 1. The molecule has 0 unspecified atom stereocenters. The summed E-state index contributed by atoms with van der Waals surface area (Å²) in [6.07, 6.45) is 1.55. The van der Waals surface area contributed by atoms with E-state index in [9.17, 15) is 18.4 Å². The van der Waals surface area contributed by atoms with Gasteiger partial charge in [-0.05, 0) is 12.1 Å². The first-order valence-electron chi connectivity index (χ1n) is 8.29. The van der Waals surface area contributed by atoms with E-state index in [2.05, 4.69) is 10.4 Å². The molecule has 1 amide bonds. The number of carbonyl (C=O) groups excluding carboxylic acids is 1. The summed E-state index contributed by atoms with van der Waals surface area (Å²) >= 11 is 6.11. The third-order valence-corrected chi connectivity index (χ3v) is 4.70. The van der Waals surface area contributed by atoms with Crippen molar-refractivity contribution in [1.82, 2.24) is 14.7 Å². The fourth-order valence-electron chi connectivity index (χ4n) is 2.85. The smallest absolute Gasteiger partial charge is 0.287 e. The van der Waals surface area contributed by atoms with Gasteiger partial charge in [0.25, 0.3) is 5.56 Å². The average Bonchev–Trinajstić information content (AvgIpc) is 2.63. The molecule has 27 heavy (non-hydrogen) atoms. The highest BCUT2D eigenvalue weighted by Gasteiger charge is 2.22. The van der Waals surface area contributed by atoms with Crippen LogP contribution in [0.2, 0.25) is 5.02 Å². The van der Waals surface area contributed by atoms with Crippen LogP contribution in [0.25, 0.3) is 0 Å². The maximum atomic E-state index is 13.6. The summed E-state index contributed by atoms with van der Waals surface area (Å²) in [6.45, 7) is 2.32. The van der Waals surface area contributed by atoms with Gasteiger partial charge in [0.15, 0.2) is 0 Å². The summed E-state index contributed by atoms with van der Waals surface area (Å²) in [5.74, 6) is -1.91. The maximum absolute atomic E-state index is 13.6. The standard InChI is InChI=1S/C17H18ClF2N5O2/c1-23-17(27)16(18)14(9-21-23)25-6-4-24(5-7-25)10-15(26)22-13-3-2-11(19)8-12(13)20/h2-3,8-9H,4-7,10H2,1H3,(H,22,26). The van der Waals surface area contributed by atoms with E-state index >= 15 is 0 Å². The molecule has 7 nitrogen and oxygen atoms in total. The molecule has 1 aliphatic heterocycles. The summed E-state index contributed by atoms with van der Waals surface area (Å²) in [5.41, 5.74) is 0.146. The van der Waals surface area contributed by atoms with Crippen molar-refractivity contribution in [3.8, 4) is 0 Å². The van der Waals surface area contributed by atoms with Gasteiger partial charge in [-0.15, -0.1) is 0 Å². The fourth-order valence-corrected chi connectivity index (χ4v) is 3.14. The zero-order valence-electron chi connectivity index (χ0n) is 14.6. The molecule has 0 atom stereocenters.